The standard InChI is InChI=1S/C29H43BO2Si/c1-8-9-10-13-22-27(23-24(2)30-31-28(3,4)29(5,6)32-30)33(7,25-18-14-11-15-19-25)26-20-16-12-17-21-26/h11-12,14-21,27H,2,8-10,13,22-23H2,1,3-7H3/t27-/m1/s1. The van der Waals surface area contributed by atoms with Crippen LogP contribution in [0.2, 0.25) is 12.1 Å². The van der Waals surface area contributed by atoms with Crippen LogP contribution in [-0.2, 0) is 9.31 Å². The summed E-state index contributed by atoms with van der Waals surface area (Å²) in [4.78, 5) is 0. The average Bonchev–Trinajstić information content (AvgIpc) is 3.03. The van der Waals surface area contributed by atoms with Gasteiger partial charge in [-0.05, 0) is 45.1 Å². The Kier molecular flexibility index (Phi) is 8.47. The fraction of sp³-hybridized carbons (Fsp3) is 0.517. The molecule has 0 aliphatic carbocycles. The van der Waals surface area contributed by atoms with E-state index in [4.69, 9.17) is 9.31 Å². The molecule has 1 atom stereocenters. The third-order valence-corrected chi connectivity index (χ3v) is 13.3. The van der Waals surface area contributed by atoms with Gasteiger partial charge in [-0.25, -0.2) is 0 Å². The van der Waals surface area contributed by atoms with Crippen LogP contribution in [0.25, 0.3) is 0 Å². The molecule has 2 nitrogen and oxygen atoms in total. The maximum absolute atomic E-state index is 6.39. The minimum atomic E-state index is -2.05. The average molecular weight is 463 g/mol. The molecular weight excluding hydrogens is 419 g/mol. The predicted octanol–water partition coefficient (Wildman–Crippen LogP) is 6.80. The lowest BCUT2D eigenvalue weighted by Crippen LogP contribution is -2.59. The Morgan fingerprint density at radius 2 is 1.33 bits per heavy atom. The van der Waals surface area contributed by atoms with Crippen molar-refractivity contribution in [2.75, 3.05) is 0 Å². The zero-order chi connectivity index (χ0) is 24.1. The molecule has 0 aromatic heterocycles. The first kappa shape index (κ1) is 26.0. The second-order valence-electron chi connectivity index (χ2n) is 10.9. The summed E-state index contributed by atoms with van der Waals surface area (Å²) >= 11 is 0. The minimum Gasteiger partial charge on any atom is -0.400 e. The summed E-state index contributed by atoms with van der Waals surface area (Å²) in [6.07, 6.45) is 7.28. The van der Waals surface area contributed by atoms with Crippen LogP contribution in [0.3, 0.4) is 0 Å². The molecule has 1 aliphatic rings. The maximum Gasteiger partial charge on any atom is 0.489 e. The van der Waals surface area contributed by atoms with Crippen molar-refractivity contribution in [3.05, 3.63) is 72.7 Å². The molecule has 0 radical (unpaired) electrons. The van der Waals surface area contributed by atoms with Crippen molar-refractivity contribution in [3.63, 3.8) is 0 Å². The van der Waals surface area contributed by atoms with E-state index in [9.17, 15) is 0 Å². The lowest BCUT2D eigenvalue weighted by molar-refractivity contribution is 0.00578. The lowest BCUT2D eigenvalue weighted by atomic mass is 9.76. The second kappa shape index (κ2) is 10.8. The van der Waals surface area contributed by atoms with Gasteiger partial charge in [0, 0.05) is 0 Å². The molecule has 178 valence electrons. The Balaban J connectivity index is 1.94. The molecule has 0 amide bonds. The third kappa shape index (κ3) is 5.73. The Morgan fingerprint density at radius 1 is 0.848 bits per heavy atom. The van der Waals surface area contributed by atoms with Gasteiger partial charge in [0.25, 0.3) is 0 Å². The summed E-state index contributed by atoms with van der Waals surface area (Å²) in [5.74, 6) is 0. The molecule has 2 aromatic carbocycles. The first-order chi connectivity index (χ1) is 15.6. The Morgan fingerprint density at radius 3 is 1.79 bits per heavy atom. The van der Waals surface area contributed by atoms with Crippen molar-refractivity contribution in [1.29, 1.82) is 0 Å². The molecule has 1 aliphatic heterocycles. The molecule has 4 heteroatoms. The highest BCUT2D eigenvalue weighted by molar-refractivity contribution is 7.02. The lowest BCUT2D eigenvalue weighted by Gasteiger charge is -2.38. The number of hydrogen-bond donors (Lipinski definition) is 0. The van der Waals surface area contributed by atoms with Crippen molar-refractivity contribution in [2.45, 2.75) is 96.4 Å². The fourth-order valence-electron chi connectivity index (χ4n) is 5.04. The molecule has 1 saturated heterocycles. The van der Waals surface area contributed by atoms with Gasteiger partial charge in [-0.15, -0.1) is 6.58 Å². The third-order valence-electron chi connectivity index (χ3n) is 8.06. The van der Waals surface area contributed by atoms with Crippen LogP contribution in [0.4, 0.5) is 0 Å². The largest absolute Gasteiger partial charge is 0.489 e. The zero-order valence-corrected chi connectivity index (χ0v) is 22.7. The van der Waals surface area contributed by atoms with Gasteiger partial charge in [0.1, 0.15) is 8.07 Å². The van der Waals surface area contributed by atoms with E-state index >= 15 is 0 Å². The summed E-state index contributed by atoms with van der Waals surface area (Å²) in [6, 6.07) is 22.4. The molecule has 0 saturated carbocycles. The first-order valence-corrected chi connectivity index (χ1v) is 15.3. The van der Waals surface area contributed by atoms with Crippen molar-refractivity contribution < 1.29 is 9.31 Å². The van der Waals surface area contributed by atoms with Crippen LogP contribution in [-0.4, -0.2) is 26.4 Å². The topological polar surface area (TPSA) is 18.5 Å². The van der Waals surface area contributed by atoms with Crippen LogP contribution < -0.4 is 10.4 Å². The fourth-order valence-corrected chi connectivity index (χ4v) is 9.54. The van der Waals surface area contributed by atoms with Crippen LogP contribution >= 0.6 is 0 Å². The van der Waals surface area contributed by atoms with Gasteiger partial charge in [-0.1, -0.05) is 117 Å². The molecule has 3 rings (SSSR count). The highest BCUT2D eigenvalue weighted by Crippen LogP contribution is 2.41. The summed E-state index contributed by atoms with van der Waals surface area (Å²) < 4.78 is 12.8. The smallest absolute Gasteiger partial charge is 0.400 e. The quantitative estimate of drug-likeness (QED) is 0.270. The monoisotopic (exact) mass is 462 g/mol. The van der Waals surface area contributed by atoms with Gasteiger partial charge >= 0.3 is 7.12 Å². The van der Waals surface area contributed by atoms with E-state index in [0.717, 1.165) is 11.9 Å². The summed E-state index contributed by atoms with van der Waals surface area (Å²) in [6.45, 7) is 17.8. The van der Waals surface area contributed by atoms with Gasteiger partial charge in [-0.2, -0.15) is 0 Å². The second-order valence-corrected chi connectivity index (χ2v) is 15.3. The van der Waals surface area contributed by atoms with Gasteiger partial charge in [0.2, 0.25) is 0 Å². The van der Waals surface area contributed by atoms with Gasteiger partial charge in [0.05, 0.1) is 11.2 Å². The normalized spacial score (nSPS) is 18.3. The van der Waals surface area contributed by atoms with Crippen molar-refractivity contribution in [3.8, 4) is 0 Å². The van der Waals surface area contributed by atoms with Crippen LogP contribution in [0.5, 0.6) is 0 Å². The van der Waals surface area contributed by atoms with E-state index in [2.05, 4.69) is 108 Å². The van der Waals surface area contributed by atoms with Crippen LogP contribution in [0, 0.1) is 0 Å². The van der Waals surface area contributed by atoms with Crippen molar-refractivity contribution >= 4 is 25.6 Å². The number of allylic oxidation sites excluding steroid dienone is 1. The van der Waals surface area contributed by atoms with Crippen LogP contribution in [0.15, 0.2) is 72.7 Å². The van der Waals surface area contributed by atoms with E-state index in [1.165, 1.54) is 42.5 Å². The molecular formula is C29H43BO2Si. The molecule has 0 spiro atoms. The summed E-state index contributed by atoms with van der Waals surface area (Å²) in [5, 5.41) is 3.00. The number of unbranched alkanes of at least 4 members (excludes halogenated alkanes) is 3. The number of benzene rings is 2. The molecule has 0 bridgehead atoms. The first-order valence-electron chi connectivity index (χ1n) is 12.8. The summed E-state index contributed by atoms with van der Waals surface area (Å²) in [5.41, 5.74) is 0.943. The maximum atomic E-state index is 6.39. The van der Waals surface area contributed by atoms with E-state index in [1.54, 1.807) is 0 Å². The van der Waals surface area contributed by atoms with Crippen molar-refractivity contribution in [2.24, 2.45) is 0 Å². The SMILES string of the molecule is C=C(C[C@@H](CCCCCC)[Si](C)(c1ccccc1)c1ccccc1)B1OC(C)(C)C(C)(C)O1. The van der Waals surface area contributed by atoms with E-state index in [-0.39, 0.29) is 18.3 Å². The number of hydrogen-bond acceptors (Lipinski definition) is 2. The molecule has 1 fully saturated rings. The van der Waals surface area contributed by atoms with Gasteiger partial charge in [-0.3, -0.25) is 0 Å². The molecule has 0 N–H and O–H groups in total. The zero-order valence-electron chi connectivity index (χ0n) is 21.7. The Labute approximate surface area is 203 Å². The van der Waals surface area contributed by atoms with Gasteiger partial charge in [0.15, 0.2) is 0 Å². The molecule has 0 unspecified atom stereocenters. The predicted molar refractivity (Wildman–Crippen MR) is 146 cm³/mol. The Hall–Kier alpha value is -1.62. The van der Waals surface area contributed by atoms with E-state index < -0.39 is 8.07 Å². The van der Waals surface area contributed by atoms with E-state index in [0.29, 0.717) is 5.54 Å². The highest BCUT2D eigenvalue weighted by Gasteiger charge is 2.52. The van der Waals surface area contributed by atoms with E-state index in [1.807, 2.05) is 0 Å². The minimum absolute atomic E-state index is 0.335. The number of rotatable bonds is 11. The summed E-state index contributed by atoms with van der Waals surface area (Å²) in [7, 11) is -2.38. The van der Waals surface area contributed by atoms with Gasteiger partial charge < -0.3 is 9.31 Å². The van der Waals surface area contributed by atoms with Crippen LogP contribution in [0.1, 0.15) is 73.1 Å². The molecule has 33 heavy (non-hydrogen) atoms. The van der Waals surface area contributed by atoms with Crippen molar-refractivity contribution in [1.82, 2.24) is 0 Å². The molecule has 2 aromatic rings. The molecule has 1 heterocycles. The Bertz CT molecular complexity index is 839. The highest BCUT2D eigenvalue weighted by atomic mass is 28.3.